The standard InChI is InChI=1S/C27H40N4O3S/c1-9-18(11-12-19(10-2)22-15-28-17-35-22)14-29-24(33)21-13-20(32)16-31(21)25(34)23(26(3,4)5)30-27(6,7)8/h9-12,15,17,20-21,23,30,32H,1-2,13-14,16H2,3-8H3,(H,29,33)/b18-11+,19-12+. The van der Waals surface area contributed by atoms with Gasteiger partial charge in [0, 0.05) is 31.2 Å². The van der Waals surface area contributed by atoms with Crippen LogP contribution in [0.3, 0.4) is 0 Å². The summed E-state index contributed by atoms with van der Waals surface area (Å²) in [6.45, 7) is 20.1. The van der Waals surface area contributed by atoms with E-state index in [1.807, 2.05) is 53.7 Å². The van der Waals surface area contributed by atoms with Crippen molar-refractivity contribution in [2.45, 2.75) is 71.7 Å². The number of hydrogen-bond donors (Lipinski definition) is 3. The third-order valence-electron chi connectivity index (χ3n) is 5.70. The van der Waals surface area contributed by atoms with Crippen molar-refractivity contribution in [2.75, 3.05) is 13.1 Å². The van der Waals surface area contributed by atoms with E-state index in [0.717, 1.165) is 16.0 Å². The maximum atomic E-state index is 13.6. The molecule has 2 rings (SSSR count). The summed E-state index contributed by atoms with van der Waals surface area (Å²) in [7, 11) is 0. The van der Waals surface area contributed by atoms with Crippen LogP contribution in [0.2, 0.25) is 0 Å². The minimum atomic E-state index is -0.739. The zero-order valence-corrected chi connectivity index (χ0v) is 22.6. The van der Waals surface area contributed by atoms with Gasteiger partial charge in [0.05, 0.1) is 22.5 Å². The van der Waals surface area contributed by atoms with Crippen molar-refractivity contribution in [1.82, 2.24) is 20.5 Å². The van der Waals surface area contributed by atoms with Gasteiger partial charge in [-0.2, -0.15) is 0 Å². The molecule has 192 valence electrons. The third-order valence-corrected chi connectivity index (χ3v) is 6.52. The average Bonchev–Trinajstić information content (AvgIpc) is 3.42. The summed E-state index contributed by atoms with van der Waals surface area (Å²) in [6.07, 6.45) is 8.46. The molecule has 1 fully saturated rings. The van der Waals surface area contributed by atoms with Crippen molar-refractivity contribution in [3.8, 4) is 0 Å². The number of thiazole rings is 1. The fourth-order valence-corrected chi connectivity index (χ4v) is 4.51. The number of aliphatic hydroxyl groups excluding tert-OH is 1. The number of nitrogens with zero attached hydrogens (tertiary/aromatic N) is 2. The highest BCUT2D eigenvalue weighted by Crippen LogP contribution is 2.27. The molecular weight excluding hydrogens is 460 g/mol. The summed E-state index contributed by atoms with van der Waals surface area (Å²) in [4.78, 5) is 33.3. The van der Waals surface area contributed by atoms with Crippen LogP contribution in [0.15, 0.2) is 54.7 Å². The normalized spacial score (nSPS) is 20.5. The van der Waals surface area contributed by atoms with Gasteiger partial charge in [-0.3, -0.25) is 14.6 Å². The van der Waals surface area contributed by atoms with Gasteiger partial charge >= 0.3 is 0 Å². The van der Waals surface area contributed by atoms with Crippen LogP contribution in [-0.4, -0.2) is 63.6 Å². The number of carbonyl (C=O) groups excluding carboxylic acids is 2. The van der Waals surface area contributed by atoms with E-state index >= 15 is 0 Å². The molecule has 3 unspecified atom stereocenters. The molecule has 3 atom stereocenters. The first-order chi connectivity index (χ1) is 16.3. The second-order valence-electron chi connectivity index (χ2n) is 10.9. The number of aliphatic hydroxyl groups is 1. The number of hydrogen-bond acceptors (Lipinski definition) is 6. The molecule has 1 saturated heterocycles. The smallest absolute Gasteiger partial charge is 0.243 e. The van der Waals surface area contributed by atoms with E-state index in [-0.39, 0.29) is 42.3 Å². The molecule has 2 heterocycles. The van der Waals surface area contributed by atoms with Gasteiger partial charge in [-0.25, -0.2) is 0 Å². The Labute approximate surface area is 213 Å². The highest BCUT2D eigenvalue weighted by Gasteiger charge is 2.44. The number of nitrogens with one attached hydrogen (secondary N) is 2. The number of allylic oxidation sites excluding steroid dienone is 4. The van der Waals surface area contributed by atoms with Gasteiger partial charge in [0.25, 0.3) is 0 Å². The quantitative estimate of drug-likeness (QED) is 0.450. The molecule has 35 heavy (non-hydrogen) atoms. The molecule has 1 aliphatic rings. The maximum Gasteiger partial charge on any atom is 0.243 e. The highest BCUT2D eigenvalue weighted by atomic mass is 32.1. The minimum absolute atomic E-state index is 0.139. The number of likely N-dealkylation sites (tertiary alicyclic amines) is 1. The molecule has 0 radical (unpaired) electrons. The van der Waals surface area contributed by atoms with Crippen molar-refractivity contribution in [2.24, 2.45) is 5.41 Å². The van der Waals surface area contributed by atoms with Gasteiger partial charge in [-0.1, -0.05) is 58.2 Å². The number of β-amino-alcohol motifs (C(OH)–C–C–N with tert-alkyl or cyclic N) is 1. The van der Waals surface area contributed by atoms with E-state index in [9.17, 15) is 14.7 Å². The largest absolute Gasteiger partial charge is 0.391 e. The van der Waals surface area contributed by atoms with Crippen LogP contribution in [0.25, 0.3) is 5.57 Å². The molecule has 1 aromatic heterocycles. The van der Waals surface area contributed by atoms with Crippen molar-refractivity contribution in [3.63, 3.8) is 0 Å². The molecular formula is C27H40N4O3S. The molecule has 1 aliphatic heterocycles. The van der Waals surface area contributed by atoms with Crippen molar-refractivity contribution < 1.29 is 14.7 Å². The predicted octanol–water partition coefficient (Wildman–Crippen LogP) is 3.71. The molecule has 0 aliphatic carbocycles. The fraction of sp³-hybridized carbons (Fsp3) is 0.519. The Morgan fingerprint density at radius 1 is 1.23 bits per heavy atom. The summed E-state index contributed by atoms with van der Waals surface area (Å²) in [6, 6.07) is -1.23. The minimum Gasteiger partial charge on any atom is -0.391 e. The topological polar surface area (TPSA) is 94.6 Å². The van der Waals surface area contributed by atoms with Crippen LogP contribution in [0.4, 0.5) is 0 Å². The van der Waals surface area contributed by atoms with Gasteiger partial charge in [0.2, 0.25) is 11.8 Å². The van der Waals surface area contributed by atoms with E-state index < -0.39 is 18.2 Å². The molecule has 7 nitrogen and oxygen atoms in total. The second kappa shape index (κ2) is 11.9. The van der Waals surface area contributed by atoms with Crippen LogP contribution in [0, 0.1) is 5.41 Å². The maximum absolute atomic E-state index is 13.6. The van der Waals surface area contributed by atoms with E-state index in [1.165, 1.54) is 16.2 Å². The van der Waals surface area contributed by atoms with Crippen molar-refractivity contribution in [1.29, 1.82) is 0 Å². The van der Waals surface area contributed by atoms with Crippen LogP contribution < -0.4 is 10.6 Å². The molecule has 0 saturated carbocycles. The van der Waals surface area contributed by atoms with E-state index in [1.54, 1.807) is 23.9 Å². The summed E-state index contributed by atoms with van der Waals surface area (Å²) in [5, 5.41) is 16.6. The van der Waals surface area contributed by atoms with Gasteiger partial charge in [-0.05, 0) is 37.3 Å². The van der Waals surface area contributed by atoms with Gasteiger partial charge in [0.1, 0.15) is 6.04 Å². The molecule has 3 N–H and O–H groups in total. The summed E-state index contributed by atoms with van der Waals surface area (Å²) in [5.41, 5.74) is 2.83. The Kier molecular flexibility index (Phi) is 9.77. The number of rotatable bonds is 9. The fourth-order valence-electron chi connectivity index (χ4n) is 3.87. The first-order valence-corrected chi connectivity index (χ1v) is 12.7. The molecule has 2 amide bonds. The molecule has 1 aromatic rings. The zero-order valence-electron chi connectivity index (χ0n) is 21.8. The lowest BCUT2D eigenvalue weighted by Gasteiger charge is -2.39. The summed E-state index contributed by atoms with van der Waals surface area (Å²) < 4.78 is 0. The van der Waals surface area contributed by atoms with Gasteiger partial charge < -0.3 is 20.6 Å². The molecule has 8 heteroatoms. The average molecular weight is 501 g/mol. The first kappa shape index (κ1) is 28.7. The Morgan fingerprint density at radius 3 is 2.43 bits per heavy atom. The lowest BCUT2D eigenvalue weighted by Crippen LogP contribution is -2.60. The number of aromatic nitrogens is 1. The predicted molar refractivity (Wildman–Crippen MR) is 144 cm³/mol. The Morgan fingerprint density at radius 2 is 1.91 bits per heavy atom. The van der Waals surface area contributed by atoms with Crippen molar-refractivity contribution >= 4 is 28.7 Å². The van der Waals surface area contributed by atoms with E-state index in [4.69, 9.17) is 0 Å². The summed E-state index contributed by atoms with van der Waals surface area (Å²) in [5.74, 6) is -0.465. The number of amides is 2. The number of carbonyl (C=O) groups is 2. The molecule has 0 bridgehead atoms. The van der Waals surface area contributed by atoms with Crippen LogP contribution in [-0.2, 0) is 9.59 Å². The molecule has 0 spiro atoms. The SMILES string of the molecule is C=C/C(=C\C=C(/C=C)c1cncs1)CNC(=O)C1CC(O)CN1C(=O)C(NC(C)(C)C)C(C)(C)C. The second-order valence-corrected chi connectivity index (χ2v) is 11.8. The van der Waals surface area contributed by atoms with E-state index in [0.29, 0.717) is 0 Å². The Balaban J connectivity index is 2.15. The van der Waals surface area contributed by atoms with E-state index in [2.05, 4.69) is 28.8 Å². The first-order valence-electron chi connectivity index (χ1n) is 11.9. The van der Waals surface area contributed by atoms with Crippen LogP contribution in [0.5, 0.6) is 0 Å². The van der Waals surface area contributed by atoms with Crippen molar-refractivity contribution in [3.05, 3.63) is 59.6 Å². The van der Waals surface area contributed by atoms with Gasteiger partial charge in [-0.15, -0.1) is 11.3 Å². The summed E-state index contributed by atoms with van der Waals surface area (Å²) >= 11 is 1.52. The molecule has 0 aromatic carbocycles. The lowest BCUT2D eigenvalue weighted by atomic mass is 9.84. The van der Waals surface area contributed by atoms with Crippen LogP contribution >= 0.6 is 11.3 Å². The Bertz CT molecular complexity index is 968. The Hall–Kier alpha value is -2.55. The highest BCUT2D eigenvalue weighted by molar-refractivity contribution is 7.10. The lowest BCUT2D eigenvalue weighted by molar-refractivity contribution is -0.142. The third kappa shape index (κ3) is 8.26. The zero-order chi connectivity index (χ0) is 26.4. The van der Waals surface area contributed by atoms with Gasteiger partial charge in [0.15, 0.2) is 0 Å². The van der Waals surface area contributed by atoms with Crippen LogP contribution in [0.1, 0.15) is 52.8 Å². The monoisotopic (exact) mass is 500 g/mol.